The Kier molecular flexibility index (Phi) is 28.9. The number of carbonyl (C=O) groups excluding carboxylic acids is 4. The molecule has 0 radical (unpaired) electrons. The Balaban J connectivity index is 0.0000111. The van der Waals surface area contributed by atoms with Gasteiger partial charge in [0.25, 0.3) is 0 Å². The van der Waals surface area contributed by atoms with E-state index in [0.717, 1.165) is 190 Å². The van der Waals surface area contributed by atoms with E-state index < -0.39 is 0 Å². The summed E-state index contributed by atoms with van der Waals surface area (Å²) >= 11 is 6.83. The zero-order valence-electron chi connectivity index (χ0n) is 56.1. The zero-order chi connectivity index (χ0) is 64.9. The summed E-state index contributed by atoms with van der Waals surface area (Å²) in [5.74, 6) is 5.53. The van der Waals surface area contributed by atoms with Gasteiger partial charge in [-0.05, 0) is 121 Å². The largest absolute Gasteiger partial charge is 2.00 e. The summed E-state index contributed by atoms with van der Waals surface area (Å²) < 4.78 is 0. The van der Waals surface area contributed by atoms with Crippen LogP contribution in [0.2, 0.25) is 0 Å². The summed E-state index contributed by atoms with van der Waals surface area (Å²) in [7, 11) is 0. The van der Waals surface area contributed by atoms with Crippen molar-refractivity contribution in [1.82, 2.24) is 59.5 Å². The van der Waals surface area contributed by atoms with Crippen molar-refractivity contribution >= 4 is 115 Å². The van der Waals surface area contributed by atoms with Crippen molar-refractivity contribution in [3.05, 3.63) is 72.8 Å². The SMILES string of the molecule is CCCCN(CCSc1ccc2c(c1)-c1nc-2nc2[n-]c(nc3nc(nc4[n-]c(n1)c1ccc(SCCN(CCCC)C(=O)CCC)cc41)-c1ccc(SCCN(CCCC)C(=O)CCC)cc1-3)c1ccc(SCCN(CCCC)C(=O)CCC)cc21)C(=O)CCC.[Zn+2]. The minimum atomic E-state index is 0. The minimum absolute atomic E-state index is 0. The molecule has 0 saturated carbocycles. The molecule has 8 bridgehead atoms. The van der Waals surface area contributed by atoms with Crippen LogP contribution in [0.3, 0.4) is 0 Å². The van der Waals surface area contributed by atoms with Gasteiger partial charge in [-0.1, -0.05) is 105 Å². The van der Waals surface area contributed by atoms with Crippen LogP contribution in [0.15, 0.2) is 92.4 Å². The van der Waals surface area contributed by atoms with E-state index in [1.54, 1.807) is 47.0 Å². The molecule has 4 amide bonds. The predicted molar refractivity (Wildman–Crippen MR) is 382 cm³/mol. The Morgan fingerprint density at radius 2 is 0.591 bits per heavy atom. The predicted octanol–water partition coefficient (Wildman–Crippen LogP) is 16.2. The monoisotopic (exact) mass is 1380 g/mol. The molecule has 93 heavy (non-hydrogen) atoms. The van der Waals surface area contributed by atoms with Gasteiger partial charge in [-0.25, -0.2) is 9.97 Å². The maximum absolute atomic E-state index is 13.2. The summed E-state index contributed by atoms with van der Waals surface area (Å²) in [6.45, 7) is 22.4. The van der Waals surface area contributed by atoms with Crippen molar-refractivity contribution in [2.45, 2.75) is 178 Å². The van der Waals surface area contributed by atoms with Crippen LogP contribution < -0.4 is 9.97 Å². The Bertz CT molecular complexity index is 3610. The van der Waals surface area contributed by atoms with Crippen molar-refractivity contribution in [2.75, 3.05) is 75.4 Å². The second-order valence-electron chi connectivity index (χ2n) is 23.6. The summed E-state index contributed by atoms with van der Waals surface area (Å²) in [4.78, 5) is 108. The molecule has 16 nitrogen and oxygen atoms in total. The molecule has 4 aromatic carbocycles. The molecule has 2 aliphatic heterocycles. The van der Waals surface area contributed by atoms with Gasteiger partial charge in [0.15, 0.2) is 0 Å². The van der Waals surface area contributed by atoms with Crippen LogP contribution in [0.4, 0.5) is 0 Å². The second-order valence-corrected chi connectivity index (χ2v) is 28.3. The minimum Gasteiger partial charge on any atom is -0.357 e. The molecular weight excluding hydrogens is 1290 g/mol. The Hall–Kier alpha value is -5.86. The third-order valence-electron chi connectivity index (χ3n) is 16.5. The van der Waals surface area contributed by atoms with Gasteiger partial charge < -0.3 is 49.5 Å². The molecule has 9 rings (SSSR count). The summed E-state index contributed by atoms with van der Waals surface area (Å²) in [5, 5.41) is 3.21. The standard InChI is InChI=1S/C72H92N12O4S4.Zn/c1-9-17-33-81(61(85)21-13-5)37-41-89-49-25-29-53-57(45-49)69-73-65(53)78-70-59-47-51(91-43-39-83(35-19-11-3)63(87)23-15-7)27-31-55(59)67(75-70)80-72-60-48-52(92-44-40-84(36-20-12-4)64(88)24-16-8)28-32-56(60)68(76-72)79-71-58-46-50(26-30-54(58)66(74-71)77-69)90-42-38-82(34-18-10-2)62(86)22-14-6;/h25-32,45-48H,9-24,33-44H2,1-8H3;/q-2;+2. The number of hydrogen-bond donors (Lipinski definition) is 0. The third-order valence-corrected chi connectivity index (χ3v) is 20.4. The van der Waals surface area contributed by atoms with Gasteiger partial charge in [-0.3, -0.25) is 19.2 Å². The molecule has 0 aliphatic carbocycles. The average Bonchev–Trinajstić information content (AvgIpc) is 1.62. The van der Waals surface area contributed by atoms with Gasteiger partial charge in [0.05, 0.1) is 23.3 Å². The van der Waals surface area contributed by atoms with E-state index in [9.17, 15) is 19.2 Å². The molecule has 7 aromatic rings. The molecule has 0 N–H and O–H groups in total. The van der Waals surface area contributed by atoms with Gasteiger partial charge in [0, 0.05) is 165 Å². The van der Waals surface area contributed by atoms with Gasteiger partial charge in [0.1, 0.15) is 0 Å². The van der Waals surface area contributed by atoms with Crippen molar-refractivity contribution in [3.63, 3.8) is 0 Å². The first kappa shape index (κ1) is 73.0. The van der Waals surface area contributed by atoms with E-state index >= 15 is 0 Å². The number of fused-ring (bicyclic) bond motifs is 20. The fourth-order valence-electron chi connectivity index (χ4n) is 11.4. The number of hydrogen-bond acceptors (Lipinski definition) is 14. The fraction of sp³-hybridized carbons (Fsp3) is 0.500. The van der Waals surface area contributed by atoms with E-state index in [1.807, 2.05) is 19.6 Å². The number of nitrogens with zero attached hydrogens (tertiary/aromatic N) is 12. The molecule has 0 unspecified atom stereocenters. The fourth-order valence-corrected chi connectivity index (χ4v) is 15.0. The quantitative estimate of drug-likeness (QED) is 0.0266. The molecule has 0 atom stereocenters. The van der Waals surface area contributed by atoms with Crippen LogP contribution in [-0.2, 0) is 38.7 Å². The van der Waals surface area contributed by atoms with Crippen LogP contribution >= 0.6 is 47.0 Å². The number of carbonyl (C=O) groups is 4. The first-order valence-electron chi connectivity index (χ1n) is 33.8. The Morgan fingerprint density at radius 3 is 0.882 bits per heavy atom. The molecule has 5 heterocycles. The molecule has 3 aromatic heterocycles. The van der Waals surface area contributed by atoms with Gasteiger partial charge in [0.2, 0.25) is 23.6 Å². The van der Waals surface area contributed by atoms with Gasteiger partial charge in [-0.15, -0.1) is 47.0 Å². The topological polar surface area (TPSA) is 187 Å². The van der Waals surface area contributed by atoms with Crippen LogP contribution in [0.1, 0.15) is 158 Å². The number of aromatic nitrogens is 8. The van der Waals surface area contributed by atoms with Crippen molar-refractivity contribution in [1.29, 1.82) is 0 Å². The Labute approximate surface area is 580 Å². The maximum atomic E-state index is 13.2. The van der Waals surface area contributed by atoms with Crippen molar-refractivity contribution in [3.8, 4) is 45.6 Å². The molecule has 490 valence electrons. The first-order valence-corrected chi connectivity index (χ1v) is 37.8. The number of benzene rings is 4. The van der Waals surface area contributed by atoms with Crippen LogP contribution in [0.25, 0.3) is 89.7 Å². The number of unbranched alkanes of at least 4 members (excludes halogenated alkanes) is 4. The van der Waals surface area contributed by atoms with Crippen molar-refractivity contribution < 1.29 is 38.7 Å². The second kappa shape index (κ2) is 36.9. The molecule has 0 spiro atoms. The molecule has 21 heteroatoms. The van der Waals surface area contributed by atoms with Crippen molar-refractivity contribution in [2.24, 2.45) is 0 Å². The summed E-state index contributed by atoms with van der Waals surface area (Å²) in [6.07, 6.45) is 13.4. The first-order chi connectivity index (χ1) is 44.9. The summed E-state index contributed by atoms with van der Waals surface area (Å²) in [6, 6.07) is 25.2. The van der Waals surface area contributed by atoms with Gasteiger partial charge in [-0.2, -0.15) is 0 Å². The third kappa shape index (κ3) is 19.2. The van der Waals surface area contributed by atoms with E-state index in [-0.39, 0.29) is 43.1 Å². The van der Waals surface area contributed by atoms with E-state index in [4.69, 9.17) is 39.9 Å². The van der Waals surface area contributed by atoms with E-state index in [2.05, 4.69) is 128 Å². The van der Waals surface area contributed by atoms with Crippen LogP contribution in [0, 0.1) is 0 Å². The molecular formula is C72H92N12O4S4Zn. The number of amides is 4. The molecule has 0 saturated heterocycles. The smallest absolute Gasteiger partial charge is 0.357 e. The number of rotatable bonds is 36. The maximum Gasteiger partial charge on any atom is 2.00 e. The van der Waals surface area contributed by atoms with Gasteiger partial charge >= 0.3 is 19.5 Å². The average molecular weight is 1380 g/mol. The summed E-state index contributed by atoms with van der Waals surface area (Å²) in [5.41, 5.74) is 5.04. The molecule has 0 fully saturated rings. The van der Waals surface area contributed by atoms with Crippen LogP contribution in [-0.4, -0.2) is 149 Å². The normalized spacial score (nSPS) is 11.6. The Morgan fingerprint density at radius 1 is 0.323 bits per heavy atom. The number of thioether (sulfide) groups is 4. The van der Waals surface area contributed by atoms with Crippen LogP contribution in [0.5, 0.6) is 0 Å². The molecule has 2 aliphatic rings. The van der Waals surface area contributed by atoms with E-state index in [0.29, 0.717) is 97.7 Å². The zero-order valence-corrected chi connectivity index (χ0v) is 62.3. The van der Waals surface area contributed by atoms with E-state index in [1.165, 1.54) is 0 Å².